The minimum Gasteiger partial charge on any atom is -0.454 e. The number of para-hydroxylation sites is 2. The van der Waals surface area contributed by atoms with E-state index in [1.165, 1.54) is 0 Å². The molecule has 0 aliphatic carbocycles. The monoisotopic (exact) mass is 817 g/mol. The molecule has 0 spiro atoms. The summed E-state index contributed by atoms with van der Waals surface area (Å²) in [6.45, 7) is 4.45. The minimum absolute atomic E-state index is 0. The summed E-state index contributed by atoms with van der Waals surface area (Å²) in [6, 6.07) is 41.0. The van der Waals surface area contributed by atoms with Gasteiger partial charge in [-0.25, -0.2) is 9.37 Å². The summed E-state index contributed by atoms with van der Waals surface area (Å²) in [5.74, 6) is 1.61. The van der Waals surface area contributed by atoms with E-state index in [-0.39, 0.29) is 26.5 Å². The van der Waals surface area contributed by atoms with Gasteiger partial charge in [0.25, 0.3) is 0 Å². The molecular weight excluding hydrogens is 791 g/mol. The number of benzene rings is 5. The summed E-state index contributed by atoms with van der Waals surface area (Å²) < 4.78 is 27.5. The fraction of sp³-hybridized carbons (Fsp3) is 0.0952. The van der Waals surface area contributed by atoms with Crippen LogP contribution in [0.25, 0.3) is 54.9 Å². The average molecular weight is 818 g/mol. The summed E-state index contributed by atoms with van der Waals surface area (Å²) in [7, 11) is 0. The molecule has 5 nitrogen and oxygen atoms in total. The van der Waals surface area contributed by atoms with E-state index in [4.69, 9.17) is 9.72 Å². The zero-order valence-corrected chi connectivity index (χ0v) is 28.8. The molecule has 0 saturated heterocycles. The quantitative estimate of drug-likeness (QED) is 0.132. The van der Waals surface area contributed by atoms with Crippen molar-refractivity contribution in [2.24, 2.45) is 0 Å². The van der Waals surface area contributed by atoms with E-state index in [0.717, 1.165) is 71.9 Å². The third kappa shape index (κ3) is 4.20. The first kappa shape index (κ1) is 29.8. The van der Waals surface area contributed by atoms with Crippen LogP contribution in [0.1, 0.15) is 42.3 Å². The molecule has 1 unspecified atom stereocenters. The summed E-state index contributed by atoms with van der Waals surface area (Å²) in [5.41, 5.74) is 6.90. The van der Waals surface area contributed by atoms with Crippen LogP contribution in [0.4, 0.5) is 4.39 Å². The van der Waals surface area contributed by atoms with Gasteiger partial charge in [0.2, 0.25) is 0 Å². The van der Waals surface area contributed by atoms with E-state index < -0.39 is 6.17 Å². The van der Waals surface area contributed by atoms with Crippen LogP contribution < -0.4 is 4.74 Å². The fourth-order valence-corrected chi connectivity index (χ4v) is 7.63. The van der Waals surface area contributed by atoms with Crippen molar-refractivity contribution in [3.8, 4) is 17.2 Å². The number of pyridine rings is 2. The van der Waals surface area contributed by atoms with Crippen molar-refractivity contribution >= 4 is 49.3 Å². The van der Waals surface area contributed by atoms with E-state index in [1.54, 1.807) is 18.5 Å². The van der Waals surface area contributed by atoms with Crippen molar-refractivity contribution in [1.82, 2.24) is 18.9 Å². The molecule has 0 N–H and O–H groups in total. The molecule has 1 aliphatic heterocycles. The number of ether oxygens (including phenoxy) is 1. The Balaban J connectivity index is 0.00000325. The van der Waals surface area contributed by atoms with Crippen molar-refractivity contribution in [2.45, 2.75) is 25.4 Å². The molecule has 5 aromatic carbocycles. The predicted octanol–water partition coefficient (Wildman–Crippen LogP) is 10.2. The fourth-order valence-electron chi connectivity index (χ4n) is 7.63. The summed E-state index contributed by atoms with van der Waals surface area (Å²) in [6.07, 6.45) is 4.03. The second-order valence-electron chi connectivity index (χ2n) is 13.0. The maximum Gasteiger partial charge on any atom is 2.00 e. The Morgan fingerprint density at radius 3 is 2.39 bits per heavy atom. The number of halogens is 1. The Labute approximate surface area is 295 Å². The molecule has 238 valence electrons. The molecule has 0 fully saturated rings. The molecule has 0 radical (unpaired) electrons. The van der Waals surface area contributed by atoms with Gasteiger partial charge in [0.05, 0.1) is 11.2 Å². The van der Waals surface area contributed by atoms with E-state index >= 15 is 4.39 Å². The molecule has 0 bridgehead atoms. The topological polar surface area (TPSA) is 44.4 Å². The molecule has 9 aromatic rings. The Bertz CT molecular complexity index is 2780. The largest absolute Gasteiger partial charge is 2.00 e. The normalized spacial score (nSPS) is 14.1. The summed E-state index contributed by atoms with van der Waals surface area (Å²) in [4.78, 5) is 9.43. The van der Waals surface area contributed by atoms with Crippen LogP contribution in [0.2, 0.25) is 0 Å². The molecule has 10 rings (SSSR count). The van der Waals surface area contributed by atoms with Gasteiger partial charge in [-0.15, -0.1) is 29.8 Å². The Morgan fingerprint density at radius 2 is 1.47 bits per heavy atom. The number of rotatable bonds is 3. The zero-order chi connectivity index (χ0) is 32.1. The van der Waals surface area contributed by atoms with Gasteiger partial charge in [0.15, 0.2) is 5.75 Å². The molecule has 5 heterocycles. The van der Waals surface area contributed by atoms with Crippen LogP contribution in [-0.2, 0) is 26.5 Å². The zero-order valence-electron chi connectivity index (χ0n) is 26.5. The van der Waals surface area contributed by atoms with Gasteiger partial charge in [0.1, 0.15) is 17.6 Å². The van der Waals surface area contributed by atoms with Crippen molar-refractivity contribution in [1.29, 1.82) is 0 Å². The minimum atomic E-state index is -1.46. The van der Waals surface area contributed by atoms with Crippen molar-refractivity contribution in [3.05, 3.63) is 156 Å². The number of alkyl halides is 1. The molecule has 7 heteroatoms. The molecule has 1 atom stereocenters. The first-order valence-corrected chi connectivity index (χ1v) is 16.1. The maximum atomic E-state index is 16.7. The van der Waals surface area contributed by atoms with Crippen LogP contribution >= 0.6 is 0 Å². The second kappa shape index (κ2) is 10.8. The molecule has 0 amide bonds. The van der Waals surface area contributed by atoms with E-state index in [2.05, 4.69) is 78.0 Å². The number of imidazole rings is 1. The Hall–Kier alpha value is -5.32. The van der Waals surface area contributed by atoms with E-state index in [0.29, 0.717) is 16.8 Å². The first-order chi connectivity index (χ1) is 23.5. The second-order valence-corrected chi connectivity index (χ2v) is 13.0. The smallest absolute Gasteiger partial charge is 0.454 e. The van der Waals surface area contributed by atoms with E-state index in [1.807, 2.05) is 65.2 Å². The first-order valence-electron chi connectivity index (χ1n) is 16.1. The van der Waals surface area contributed by atoms with Crippen molar-refractivity contribution < 1.29 is 30.2 Å². The number of nitrogens with zero attached hydrogens (tertiary/aromatic N) is 4. The van der Waals surface area contributed by atoms with Crippen LogP contribution in [0.5, 0.6) is 11.5 Å². The molecular formula is C42H27FN4OPt. The number of aromatic nitrogens is 4. The molecule has 49 heavy (non-hydrogen) atoms. The SMILES string of the molecule is CC1(C)c2ccccc2Oc2c1ccc1c3cccnc3n(-c3[c-]c(C(F)c4[c-]c5c(cc4)c4ccccc4n4ccnc54)ccc3)c21.[Pt+2]. The third-order valence-electron chi connectivity index (χ3n) is 9.97. The van der Waals surface area contributed by atoms with E-state index in [9.17, 15) is 0 Å². The summed E-state index contributed by atoms with van der Waals surface area (Å²) in [5, 5.41) is 4.85. The van der Waals surface area contributed by atoms with Gasteiger partial charge in [-0.2, -0.15) is 18.2 Å². The molecule has 1 aliphatic rings. The van der Waals surface area contributed by atoms with Crippen LogP contribution in [0, 0.1) is 12.1 Å². The summed E-state index contributed by atoms with van der Waals surface area (Å²) >= 11 is 0. The maximum absolute atomic E-state index is 16.7. The van der Waals surface area contributed by atoms with Crippen molar-refractivity contribution in [3.63, 3.8) is 0 Å². The van der Waals surface area contributed by atoms with Crippen LogP contribution in [0.3, 0.4) is 0 Å². The van der Waals surface area contributed by atoms with Gasteiger partial charge in [-0.1, -0.05) is 84.4 Å². The van der Waals surface area contributed by atoms with Crippen molar-refractivity contribution in [2.75, 3.05) is 0 Å². The van der Waals surface area contributed by atoms with Crippen LogP contribution in [-0.4, -0.2) is 18.9 Å². The Kier molecular flexibility index (Phi) is 6.59. The predicted molar refractivity (Wildman–Crippen MR) is 188 cm³/mol. The molecule has 0 saturated carbocycles. The van der Waals surface area contributed by atoms with Gasteiger partial charge in [0, 0.05) is 51.4 Å². The average Bonchev–Trinajstić information content (AvgIpc) is 3.76. The third-order valence-corrected chi connectivity index (χ3v) is 9.97. The van der Waals surface area contributed by atoms with Gasteiger partial charge >= 0.3 is 21.1 Å². The number of fused-ring (bicyclic) bond motifs is 12. The van der Waals surface area contributed by atoms with Crippen LogP contribution in [0.15, 0.2) is 122 Å². The standard InChI is InChI=1S/C42H27FN4O.Pt/c1-42(2)33-13-4-6-15-36(33)48-39-34(42)19-18-30-31-12-8-20-44-41(31)47(38(30)39)27-10-7-9-25(23-27)37(43)26-16-17-28-29-11-3-5-14-35(29)46-22-21-45-40(46)32(28)24-26;/h3-22,37H,1-2H3;/q-2;+2. The number of hydrogen-bond donors (Lipinski definition) is 0. The van der Waals surface area contributed by atoms with Gasteiger partial charge < -0.3 is 13.7 Å². The molecule has 4 aromatic heterocycles. The van der Waals surface area contributed by atoms with Gasteiger partial charge in [-0.3, -0.25) is 4.98 Å². The Morgan fingerprint density at radius 1 is 0.694 bits per heavy atom. The number of hydrogen-bond acceptors (Lipinski definition) is 3. The van der Waals surface area contributed by atoms with Gasteiger partial charge in [-0.05, 0) is 29.7 Å².